The highest BCUT2D eigenvalue weighted by Crippen LogP contribution is 1.73. The van der Waals surface area contributed by atoms with Gasteiger partial charge in [0, 0.05) is 0 Å². The highest BCUT2D eigenvalue weighted by molar-refractivity contribution is 7.88. The summed E-state index contributed by atoms with van der Waals surface area (Å²) < 4.78 is 23.3. The highest BCUT2D eigenvalue weighted by atomic mass is 32.2. The lowest BCUT2D eigenvalue weighted by atomic mass is 10.7. The molecule has 0 aliphatic heterocycles. The molecule has 53 valence electrons. The Balaban J connectivity index is 3.67. The summed E-state index contributed by atoms with van der Waals surface area (Å²) in [4.78, 5) is 9.91. The zero-order valence-electron chi connectivity index (χ0n) is 4.86. The third kappa shape index (κ3) is 7.38. The van der Waals surface area contributed by atoms with E-state index < -0.39 is 22.5 Å². The number of nitrogens with zero attached hydrogens (tertiary/aromatic N) is 1. The van der Waals surface area contributed by atoms with Crippen molar-refractivity contribution in [3.8, 4) is 0 Å². The Morgan fingerprint density at radius 3 is 2.22 bits per heavy atom. The SMILES string of the molecule is CS(=O)(=O)[N]CC(N)=O. The van der Waals surface area contributed by atoms with Crippen LogP contribution in [-0.2, 0) is 14.8 Å². The number of carbonyl (C=O) groups is 1. The number of hydrogen-bond acceptors (Lipinski definition) is 3. The monoisotopic (exact) mass is 151 g/mol. The van der Waals surface area contributed by atoms with Crippen molar-refractivity contribution in [1.82, 2.24) is 4.72 Å². The van der Waals surface area contributed by atoms with Gasteiger partial charge in [0.2, 0.25) is 15.9 Å². The van der Waals surface area contributed by atoms with E-state index in [1.807, 2.05) is 0 Å². The maximum absolute atomic E-state index is 10.2. The van der Waals surface area contributed by atoms with Gasteiger partial charge in [0.05, 0.1) is 6.26 Å². The van der Waals surface area contributed by atoms with Crippen molar-refractivity contribution in [1.29, 1.82) is 0 Å². The average Bonchev–Trinajstić information content (AvgIpc) is 1.59. The van der Waals surface area contributed by atoms with Crippen molar-refractivity contribution in [2.45, 2.75) is 0 Å². The summed E-state index contributed by atoms with van der Waals surface area (Å²) in [6.45, 7) is -0.459. The first kappa shape index (κ1) is 8.38. The van der Waals surface area contributed by atoms with Crippen molar-refractivity contribution in [2.24, 2.45) is 5.73 Å². The third-order valence-electron chi connectivity index (χ3n) is 0.455. The molecule has 0 rings (SSSR count). The van der Waals surface area contributed by atoms with Crippen molar-refractivity contribution in [3.05, 3.63) is 0 Å². The predicted molar refractivity (Wildman–Crippen MR) is 31.0 cm³/mol. The summed E-state index contributed by atoms with van der Waals surface area (Å²) in [5, 5.41) is 0. The quantitative estimate of drug-likeness (QED) is 0.507. The Morgan fingerprint density at radius 1 is 1.67 bits per heavy atom. The average molecular weight is 151 g/mol. The number of amides is 1. The van der Waals surface area contributed by atoms with Gasteiger partial charge in [0.15, 0.2) is 0 Å². The molecule has 1 amide bonds. The van der Waals surface area contributed by atoms with E-state index in [-0.39, 0.29) is 0 Å². The standard InChI is InChI=1S/C3H7N2O3S/c1-9(7,8)5-2-3(4)6/h2H2,1H3,(H2,4,6). The summed E-state index contributed by atoms with van der Waals surface area (Å²) in [6, 6.07) is 0. The molecule has 0 aromatic rings. The molecule has 0 unspecified atom stereocenters. The smallest absolute Gasteiger partial charge is 0.234 e. The fourth-order valence-electron chi connectivity index (χ4n) is 0.181. The number of sulfonamides is 1. The van der Waals surface area contributed by atoms with Gasteiger partial charge in [-0.05, 0) is 0 Å². The van der Waals surface area contributed by atoms with E-state index in [1.54, 1.807) is 0 Å². The van der Waals surface area contributed by atoms with Gasteiger partial charge < -0.3 is 5.73 Å². The second kappa shape index (κ2) is 2.79. The lowest BCUT2D eigenvalue weighted by Gasteiger charge is -1.91. The molecule has 0 aliphatic carbocycles. The molecule has 0 saturated heterocycles. The maximum atomic E-state index is 10.2. The van der Waals surface area contributed by atoms with Crippen LogP contribution in [-0.4, -0.2) is 27.1 Å². The van der Waals surface area contributed by atoms with Crippen LogP contribution in [0.1, 0.15) is 0 Å². The normalized spacial score (nSPS) is 11.2. The van der Waals surface area contributed by atoms with Gasteiger partial charge >= 0.3 is 0 Å². The lowest BCUT2D eigenvalue weighted by molar-refractivity contribution is -0.116. The molecule has 0 fully saturated rings. The number of carbonyl (C=O) groups excluding carboxylic acids is 1. The largest absolute Gasteiger partial charge is 0.368 e. The molecule has 1 radical (unpaired) electrons. The first-order chi connectivity index (χ1) is 3.92. The van der Waals surface area contributed by atoms with Crippen LogP contribution in [0.4, 0.5) is 0 Å². The van der Waals surface area contributed by atoms with Gasteiger partial charge in [0.25, 0.3) is 0 Å². The summed E-state index contributed by atoms with van der Waals surface area (Å²) >= 11 is 0. The van der Waals surface area contributed by atoms with E-state index in [1.165, 1.54) is 0 Å². The van der Waals surface area contributed by atoms with Crippen LogP contribution in [0, 0.1) is 0 Å². The molecule has 0 saturated carbocycles. The van der Waals surface area contributed by atoms with E-state index in [0.717, 1.165) is 6.26 Å². The fraction of sp³-hybridized carbons (Fsp3) is 0.667. The van der Waals surface area contributed by atoms with Gasteiger partial charge in [-0.1, -0.05) is 0 Å². The summed E-state index contributed by atoms with van der Waals surface area (Å²) in [6.07, 6.45) is 0.899. The van der Waals surface area contributed by atoms with Crippen LogP contribution >= 0.6 is 0 Å². The van der Waals surface area contributed by atoms with Crippen molar-refractivity contribution in [2.75, 3.05) is 12.8 Å². The van der Waals surface area contributed by atoms with Gasteiger partial charge in [-0.3, -0.25) is 4.79 Å². The number of primary amides is 1. The molecule has 0 bridgehead atoms. The molecular formula is C3H7N2O3S. The number of hydrogen-bond donors (Lipinski definition) is 1. The van der Waals surface area contributed by atoms with E-state index in [0.29, 0.717) is 0 Å². The summed E-state index contributed by atoms with van der Waals surface area (Å²) in [5.74, 6) is -0.750. The van der Waals surface area contributed by atoms with E-state index >= 15 is 0 Å². The molecule has 5 nitrogen and oxygen atoms in total. The Hall–Kier alpha value is -0.620. The van der Waals surface area contributed by atoms with E-state index in [4.69, 9.17) is 0 Å². The van der Waals surface area contributed by atoms with Gasteiger partial charge in [-0.25, -0.2) is 8.42 Å². The highest BCUT2D eigenvalue weighted by Gasteiger charge is 2.03. The van der Waals surface area contributed by atoms with Gasteiger partial charge in [-0.2, -0.15) is 0 Å². The predicted octanol–water partition coefficient (Wildman–Crippen LogP) is -1.96. The molecule has 2 N–H and O–H groups in total. The molecule has 0 aromatic carbocycles. The van der Waals surface area contributed by atoms with Crippen molar-refractivity contribution in [3.63, 3.8) is 0 Å². The zero-order valence-corrected chi connectivity index (χ0v) is 5.68. The molecule has 0 heterocycles. The Labute approximate surface area is 53.3 Å². The van der Waals surface area contributed by atoms with Gasteiger partial charge in [0.1, 0.15) is 6.54 Å². The van der Waals surface area contributed by atoms with E-state index in [9.17, 15) is 13.2 Å². The fourth-order valence-corrected chi connectivity index (χ4v) is 0.543. The van der Waals surface area contributed by atoms with Crippen LogP contribution in [0.2, 0.25) is 0 Å². The second-order valence-corrected chi connectivity index (χ2v) is 3.21. The maximum Gasteiger partial charge on any atom is 0.234 e. The molecular weight excluding hydrogens is 144 g/mol. The minimum atomic E-state index is -3.40. The minimum Gasteiger partial charge on any atom is -0.368 e. The van der Waals surface area contributed by atoms with Crippen molar-refractivity contribution < 1.29 is 13.2 Å². The minimum absolute atomic E-state index is 0.459. The topological polar surface area (TPSA) is 91.3 Å². The summed E-state index contributed by atoms with van der Waals surface area (Å²) in [5.41, 5.74) is 4.60. The van der Waals surface area contributed by atoms with Crippen LogP contribution < -0.4 is 10.5 Å². The number of nitrogens with two attached hydrogens (primary N) is 1. The Kier molecular flexibility index (Phi) is 2.60. The molecule has 6 heteroatoms. The van der Waals surface area contributed by atoms with Crippen molar-refractivity contribution >= 4 is 15.9 Å². The first-order valence-corrected chi connectivity index (χ1v) is 3.94. The summed E-state index contributed by atoms with van der Waals surface area (Å²) in [7, 11) is -3.40. The van der Waals surface area contributed by atoms with Crippen LogP contribution in [0.25, 0.3) is 0 Å². The molecule has 0 atom stereocenters. The van der Waals surface area contributed by atoms with Gasteiger partial charge in [-0.15, -0.1) is 4.72 Å². The molecule has 0 aromatic heterocycles. The molecule has 0 spiro atoms. The van der Waals surface area contributed by atoms with Crippen LogP contribution in [0.15, 0.2) is 0 Å². The Bertz CT molecular complexity index is 195. The molecule has 9 heavy (non-hydrogen) atoms. The third-order valence-corrected chi connectivity index (χ3v) is 1.05. The zero-order chi connectivity index (χ0) is 7.49. The lowest BCUT2D eigenvalue weighted by Crippen LogP contribution is -2.26. The Morgan fingerprint density at radius 2 is 2.11 bits per heavy atom. The number of rotatable bonds is 3. The van der Waals surface area contributed by atoms with Crippen LogP contribution in [0.3, 0.4) is 0 Å². The second-order valence-electron chi connectivity index (χ2n) is 1.49. The van der Waals surface area contributed by atoms with E-state index in [2.05, 4.69) is 10.5 Å². The van der Waals surface area contributed by atoms with Crippen LogP contribution in [0.5, 0.6) is 0 Å². The molecule has 0 aliphatic rings. The first-order valence-electron chi connectivity index (χ1n) is 2.09.